The first-order valence-corrected chi connectivity index (χ1v) is 8.78. The fourth-order valence-electron chi connectivity index (χ4n) is 2.40. The van der Waals surface area contributed by atoms with Crippen LogP contribution in [0.2, 0.25) is 5.02 Å². The third kappa shape index (κ3) is 5.43. The molecule has 0 aliphatic rings. The first-order valence-electron chi connectivity index (χ1n) is 8.41. The van der Waals surface area contributed by atoms with Gasteiger partial charge in [0, 0.05) is 11.4 Å². The molecule has 27 heavy (non-hydrogen) atoms. The number of rotatable bonds is 6. The lowest BCUT2D eigenvalue weighted by Crippen LogP contribution is -2.10. The molecule has 3 aromatic rings. The molecule has 0 aliphatic heterocycles. The third-order valence-corrected chi connectivity index (χ3v) is 4.10. The van der Waals surface area contributed by atoms with Gasteiger partial charge in [-0.2, -0.15) is 0 Å². The minimum absolute atomic E-state index is 0.302. The number of ether oxygens (including phenoxy) is 2. The summed E-state index contributed by atoms with van der Waals surface area (Å²) < 4.78 is 10.6. The first-order chi connectivity index (χ1) is 13.1. The van der Waals surface area contributed by atoms with Crippen LogP contribution in [0.3, 0.4) is 0 Å². The van der Waals surface area contributed by atoms with Crippen molar-refractivity contribution in [1.82, 2.24) is 0 Å². The van der Waals surface area contributed by atoms with Crippen molar-refractivity contribution in [3.63, 3.8) is 0 Å². The Bertz CT molecular complexity index is 903. The molecule has 0 saturated heterocycles. The van der Waals surface area contributed by atoms with Crippen LogP contribution in [0.25, 0.3) is 0 Å². The Labute approximate surface area is 162 Å². The molecule has 0 fully saturated rings. The normalized spacial score (nSPS) is 10.3. The van der Waals surface area contributed by atoms with Crippen LogP contribution in [-0.4, -0.2) is 18.5 Å². The van der Waals surface area contributed by atoms with E-state index in [2.05, 4.69) is 0 Å². The van der Waals surface area contributed by atoms with Gasteiger partial charge in [-0.05, 0) is 54.1 Å². The summed E-state index contributed by atoms with van der Waals surface area (Å²) in [6.07, 6.45) is 0.656. The monoisotopic (exact) mass is 380 g/mol. The highest BCUT2D eigenvalue weighted by atomic mass is 35.5. The van der Waals surface area contributed by atoms with E-state index < -0.39 is 11.9 Å². The molecule has 0 aliphatic carbocycles. The molecule has 5 heteroatoms. The minimum Gasteiger partial charge on any atom is -0.462 e. The van der Waals surface area contributed by atoms with Crippen LogP contribution >= 0.6 is 11.6 Å². The van der Waals surface area contributed by atoms with Gasteiger partial charge >= 0.3 is 11.9 Å². The van der Waals surface area contributed by atoms with E-state index in [1.54, 1.807) is 48.5 Å². The maximum absolute atomic E-state index is 12.1. The average molecular weight is 381 g/mol. The van der Waals surface area contributed by atoms with Crippen molar-refractivity contribution < 1.29 is 19.1 Å². The molecule has 3 rings (SSSR count). The SMILES string of the molecule is O=C(OCCc1ccccc1)c1ccc(OC(=O)c2ccc(Cl)cc2)cc1. The molecule has 0 heterocycles. The Morgan fingerprint density at radius 2 is 1.33 bits per heavy atom. The van der Waals surface area contributed by atoms with Gasteiger partial charge in [0.05, 0.1) is 17.7 Å². The predicted molar refractivity (Wildman–Crippen MR) is 103 cm³/mol. The topological polar surface area (TPSA) is 52.6 Å². The second-order valence-corrected chi connectivity index (χ2v) is 6.23. The highest BCUT2D eigenvalue weighted by Crippen LogP contribution is 2.16. The highest BCUT2D eigenvalue weighted by molar-refractivity contribution is 6.30. The van der Waals surface area contributed by atoms with E-state index >= 15 is 0 Å². The van der Waals surface area contributed by atoms with E-state index in [-0.39, 0.29) is 0 Å². The van der Waals surface area contributed by atoms with E-state index in [0.717, 1.165) is 5.56 Å². The zero-order valence-electron chi connectivity index (χ0n) is 14.4. The van der Waals surface area contributed by atoms with Gasteiger partial charge in [-0.25, -0.2) is 9.59 Å². The van der Waals surface area contributed by atoms with Crippen LogP contribution in [-0.2, 0) is 11.2 Å². The van der Waals surface area contributed by atoms with Crippen molar-refractivity contribution in [3.05, 3.63) is 101 Å². The lowest BCUT2D eigenvalue weighted by molar-refractivity contribution is 0.0509. The molecule has 136 valence electrons. The molecule has 0 saturated carbocycles. The van der Waals surface area contributed by atoms with E-state index in [0.29, 0.717) is 34.9 Å². The molecule has 0 amide bonds. The number of esters is 2. The van der Waals surface area contributed by atoms with Gasteiger partial charge < -0.3 is 9.47 Å². The van der Waals surface area contributed by atoms with Crippen LogP contribution < -0.4 is 4.74 Å². The zero-order chi connectivity index (χ0) is 19.1. The number of hydrogen-bond donors (Lipinski definition) is 0. The molecule has 3 aromatic carbocycles. The molecule has 0 unspecified atom stereocenters. The van der Waals surface area contributed by atoms with E-state index in [9.17, 15) is 9.59 Å². The Balaban J connectivity index is 1.52. The largest absolute Gasteiger partial charge is 0.462 e. The summed E-state index contributed by atoms with van der Waals surface area (Å²) in [6, 6.07) is 22.5. The van der Waals surface area contributed by atoms with Gasteiger partial charge in [-0.1, -0.05) is 41.9 Å². The fraction of sp³-hybridized carbons (Fsp3) is 0.0909. The van der Waals surface area contributed by atoms with Crippen molar-refractivity contribution in [1.29, 1.82) is 0 Å². The molecule has 0 N–H and O–H groups in total. The van der Waals surface area contributed by atoms with Crippen molar-refractivity contribution in [2.75, 3.05) is 6.61 Å². The second-order valence-electron chi connectivity index (χ2n) is 5.79. The first kappa shape index (κ1) is 18.7. The van der Waals surface area contributed by atoms with E-state index in [1.165, 1.54) is 0 Å². The highest BCUT2D eigenvalue weighted by Gasteiger charge is 2.11. The Kier molecular flexibility index (Phi) is 6.23. The summed E-state index contributed by atoms with van der Waals surface area (Å²) in [5, 5.41) is 0.543. The van der Waals surface area contributed by atoms with Crippen LogP contribution in [0.15, 0.2) is 78.9 Å². The average Bonchev–Trinajstić information content (AvgIpc) is 2.70. The summed E-state index contributed by atoms with van der Waals surface area (Å²) >= 11 is 5.80. The van der Waals surface area contributed by atoms with Gasteiger partial charge in [-0.3, -0.25) is 0 Å². The summed E-state index contributed by atoms with van der Waals surface area (Å²) in [4.78, 5) is 24.1. The number of halogens is 1. The molecular weight excluding hydrogens is 364 g/mol. The Hall–Kier alpha value is -3.11. The van der Waals surface area contributed by atoms with Crippen LogP contribution in [0.5, 0.6) is 5.75 Å². The maximum Gasteiger partial charge on any atom is 0.343 e. The molecular formula is C22H17ClO4. The number of carbonyl (C=O) groups is 2. The summed E-state index contributed by atoms with van der Waals surface area (Å²) in [5.74, 6) is -0.567. The lowest BCUT2D eigenvalue weighted by Gasteiger charge is -2.07. The molecule has 0 bridgehead atoms. The van der Waals surface area contributed by atoms with Crippen molar-refractivity contribution in [2.45, 2.75) is 6.42 Å². The smallest absolute Gasteiger partial charge is 0.343 e. The lowest BCUT2D eigenvalue weighted by atomic mass is 10.2. The Morgan fingerprint density at radius 1 is 0.741 bits per heavy atom. The molecule has 0 atom stereocenters. The van der Waals surface area contributed by atoms with Gasteiger partial charge in [-0.15, -0.1) is 0 Å². The maximum atomic E-state index is 12.1. The van der Waals surface area contributed by atoms with Gasteiger partial charge in [0.1, 0.15) is 5.75 Å². The molecule has 0 aromatic heterocycles. The van der Waals surface area contributed by atoms with Gasteiger partial charge in [0.15, 0.2) is 0 Å². The standard InChI is InChI=1S/C22H17ClO4/c23-19-10-6-18(7-11-19)22(25)27-20-12-8-17(9-13-20)21(24)26-15-14-16-4-2-1-3-5-16/h1-13H,14-15H2. The summed E-state index contributed by atoms with van der Waals surface area (Å²) in [7, 11) is 0. The number of hydrogen-bond acceptors (Lipinski definition) is 4. The molecule has 0 spiro atoms. The predicted octanol–water partition coefficient (Wildman–Crippen LogP) is 4.96. The van der Waals surface area contributed by atoms with Crippen LogP contribution in [0.1, 0.15) is 26.3 Å². The quantitative estimate of drug-likeness (QED) is 0.448. The van der Waals surface area contributed by atoms with Crippen molar-refractivity contribution in [3.8, 4) is 5.75 Å². The minimum atomic E-state index is -0.496. The summed E-state index contributed by atoms with van der Waals surface area (Å²) in [5.41, 5.74) is 1.90. The molecule has 0 radical (unpaired) electrons. The third-order valence-electron chi connectivity index (χ3n) is 3.85. The zero-order valence-corrected chi connectivity index (χ0v) is 15.2. The van der Waals surface area contributed by atoms with Gasteiger partial charge in [0.2, 0.25) is 0 Å². The Morgan fingerprint density at radius 3 is 2.00 bits per heavy atom. The number of carbonyl (C=O) groups excluding carboxylic acids is 2. The van der Waals surface area contributed by atoms with Crippen LogP contribution in [0, 0.1) is 0 Å². The van der Waals surface area contributed by atoms with Crippen molar-refractivity contribution in [2.24, 2.45) is 0 Å². The van der Waals surface area contributed by atoms with Crippen molar-refractivity contribution >= 4 is 23.5 Å². The molecule has 4 nitrogen and oxygen atoms in total. The second kappa shape index (κ2) is 9.01. The number of benzene rings is 3. The van der Waals surface area contributed by atoms with E-state index in [4.69, 9.17) is 21.1 Å². The van der Waals surface area contributed by atoms with E-state index in [1.807, 2.05) is 30.3 Å². The van der Waals surface area contributed by atoms with Crippen LogP contribution in [0.4, 0.5) is 0 Å². The van der Waals surface area contributed by atoms with Gasteiger partial charge in [0.25, 0.3) is 0 Å². The fourth-order valence-corrected chi connectivity index (χ4v) is 2.53. The summed E-state index contributed by atoms with van der Waals surface area (Å²) in [6.45, 7) is 0.302.